The van der Waals surface area contributed by atoms with Gasteiger partial charge in [0.15, 0.2) is 0 Å². The SMILES string of the molecule is Cc1cc(C(=O)NCc2ccccc2)ccc1N1C(=O)CSC1c1ccc(F)cc1. The Bertz CT molecular complexity index is 1070. The van der Waals surface area contributed by atoms with Gasteiger partial charge in [0.2, 0.25) is 5.91 Å². The highest BCUT2D eigenvalue weighted by atomic mass is 32.2. The Morgan fingerprint density at radius 1 is 1.10 bits per heavy atom. The highest BCUT2D eigenvalue weighted by Gasteiger charge is 2.34. The molecule has 0 bridgehead atoms. The third-order valence-electron chi connectivity index (χ3n) is 5.04. The molecule has 4 nitrogen and oxygen atoms in total. The maximum absolute atomic E-state index is 13.3. The van der Waals surface area contributed by atoms with E-state index in [0.29, 0.717) is 17.9 Å². The van der Waals surface area contributed by atoms with Crippen LogP contribution in [0.3, 0.4) is 0 Å². The second kappa shape index (κ2) is 8.71. The molecule has 1 saturated heterocycles. The van der Waals surface area contributed by atoms with E-state index in [9.17, 15) is 14.0 Å². The van der Waals surface area contributed by atoms with Gasteiger partial charge in [0.05, 0.1) is 5.75 Å². The average Bonchev–Trinajstić information content (AvgIpc) is 3.14. The lowest BCUT2D eigenvalue weighted by Crippen LogP contribution is -2.29. The van der Waals surface area contributed by atoms with Gasteiger partial charge in [-0.25, -0.2) is 4.39 Å². The molecule has 0 aromatic heterocycles. The Hall–Kier alpha value is -3.12. The third-order valence-corrected chi connectivity index (χ3v) is 6.25. The summed E-state index contributed by atoms with van der Waals surface area (Å²) in [5, 5.41) is 2.71. The van der Waals surface area contributed by atoms with E-state index < -0.39 is 0 Å². The molecule has 3 aromatic carbocycles. The summed E-state index contributed by atoms with van der Waals surface area (Å²) >= 11 is 1.51. The van der Waals surface area contributed by atoms with Crippen molar-refractivity contribution in [1.82, 2.24) is 5.32 Å². The number of nitrogens with one attached hydrogen (secondary N) is 1. The van der Waals surface area contributed by atoms with Crippen molar-refractivity contribution in [3.05, 3.63) is 101 Å². The number of benzene rings is 3. The average molecular weight is 421 g/mol. The van der Waals surface area contributed by atoms with Gasteiger partial charge in [-0.1, -0.05) is 42.5 Å². The van der Waals surface area contributed by atoms with E-state index in [1.54, 1.807) is 29.2 Å². The molecule has 1 unspecified atom stereocenters. The molecule has 1 fully saturated rings. The first-order chi connectivity index (χ1) is 14.5. The predicted octanol–water partition coefficient (Wildman–Crippen LogP) is 4.84. The van der Waals surface area contributed by atoms with E-state index in [2.05, 4.69) is 5.32 Å². The summed E-state index contributed by atoms with van der Waals surface area (Å²) < 4.78 is 13.3. The molecule has 1 heterocycles. The molecular formula is C24H21FN2O2S. The van der Waals surface area contributed by atoms with Crippen LogP contribution in [-0.4, -0.2) is 17.6 Å². The Morgan fingerprint density at radius 2 is 1.83 bits per heavy atom. The molecule has 0 aliphatic carbocycles. The Labute approximate surface area is 179 Å². The summed E-state index contributed by atoms with van der Waals surface area (Å²) in [7, 11) is 0. The highest BCUT2D eigenvalue weighted by Crippen LogP contribution is 2.42. The standard InChI is InChI=1S/C24H21FN2O2S/c1-16-13-19(23(29)26-14-17-5-3-2-4-6-17)9-12-21(16)27-22(28)15-30-24(27)18-7-10-20(25)11-8-18/h2-13,24H,14-15H2,1H3,(H,26,29). The van der Waals surface area contributed by atoms with Crippen LogP contribution in [-0.2, 0) is 11.3 Å². The van der Waals surface area contributed by atoms with Crippen molar-refractivity contribution in [2.45, 2.75) is 18.8 Å². The molecule has 6 heteroatoms. The molecule has 1 N–H and O–H groups in total. The number of halogens is 1. The zero-order valence-corrected chi connectivity index (χ0v) is 17.3. The molecule has 0 saturated carbocycles. The summed E-state index contributed by atoms with van der Waals surface area (Å²) in [4.78, 5) is 26.9. The highest BCUT2D eigenvalue weighted by molar-refractivity contribution is 8.00. The summed E-state index contributed by atoms with van der Waals surface area (Å²) in [6.07, 6.45) is 0. The maximum atomic E-state index is 13.3. The fourth-order valence-corrected chi connectivity index (χ4v) is 4.68. The Balaban J connectivity index is 1.53. The number of rotatable bonds is 5. The maximum Gasteiger partial charge on any atom is 0.251 e. The van der Waals surface area contributed by atoms with Crippen LogP contribution in [0.1, 0.15) is 32.4 Å². The van der Waals surface area contributed by atoms with Crippen molar-refractivity contribution in [2.75, 3.05) is 10.7 Å². The van der Waals surface area contributed by atoms with Crippen LogP contribution in [0.2, 0.25) is 0 Å². The topological polar surface area (TPSA) is 49.4 Å². The molecule has 152 valence electrons. The smallest absolute Gasteiger partial charge is 0.251 e. The Kier molecular flexibility index (Phi) is 5.86. The molecule has 0 spiro atoms. The first-order valence-electron chi connectivity index (χ1n) is 9.65. The summed E-state index contributed by atoms with van der Waals surface area (Å²) in [5.41, 5.74) is 4.05. The van der Waals surface area contributed by atoms with Crippen LogP contribution in [0, 0.1) is 12.7 Å². The zero-order valence-electron chi connectivity index (χ0n) is 16.5. The normalized spacial score (nSPS) is 16.0. The first kappa shape index (κ1) is 20.2. The molecule has 3 aromatic rings. The predicted molar refractivity (Wildman–Crippen MR) is 118 cm³/mol. The monoisotopic (exact) mass is 420 g/mol. The van der Waals surface area contributed by atoms with Crippen molar-refractivity contribution in [3.8, 4) is 0 Å². The minimum atomic E-state index is -0.304. The fourth-order valence-electron chi connectivity index (χ4n) is 3.51. The molecule has 30 heavy (non-hydrogen) atoms. The van der Waals surface area contributed by atoms with Crippen molar-refractivity contribution in [2.24, 2.45) is 0 Å². The van der Waals surface area contributed by atoms with Crippen LogP contribution >= 0.6 is 11.8 Å². The lowest BCUT2D eigenvalue weighted by atomic mass is 10.1. The van der Waals surface area contributed by atoms with Crippen LogP contribution in [0.5, 0.6) is 0 Å². The number of hydrogen-bond donors (Lipinski definition) is 1. The number of aryl methyl sites for hydroxylation is 1. The minimum Gasteiger partial charge on any atom is -0.348 e. The van der Waals surface area contributed by atoms with Crippen molar-refractivity contribution >= 4 is 29.3 Å². The van der Waals surface area contributed by atoms with Gasteiger partial charge in [-0.2, -0.15) is 0 Å². The second-order valence-electron chi connectivity index (χ2n) is 7.15. The van der Waals surface area contributed by atoms with E-state index in [4.69, 9.17) is 0 Å². The van der Waals surface area contributed by atoms with Gasteiger partial charge < -0.3 is 5.32 Å². The summed E-state index contributed by atoms with van der Waals surface area (Å²) in [6.45, 7) is 2.34. The van der Waals surface area contributed by atoms with E-state index >= 15 is 0 Å². The number of hydrogen-bond acceptors (Lipinski definition) is 3. The van der Waals surface area contributed by atoms with Gasteiger partial charge >= 0.3 is 0 Å². The molecule has 4 rings (SSSR count). The molecule has 1 aliphatic heterocycles. The molecule has 2 amide bonds. The molecular weight excluding hydrogens is 399 g/mol. The lowest BCUT2D eigenvalue weighted by molar-refractivity contribution is -0.115. The van der Waals surface area contributed by atoms with Gasteiger partial charge in [-0.3, -0.25) is 14.5 Å². The largest absolute Gasteiger partial charge is 0.348 e. The van der Waals surface area contributed by atoms with E-state index in [0.717, 1.165) is 22.4 Å². The second-order valence-corrected chi connectivity index (χ2v) is 8.22. The van der Waals surface area contributed by atoms with Crippen molar-refractivity contribution < 1.29 is 14.0 Å². The summed E-state index contributed by atoms with van der Waals surface area (Å²) in [6, 6.07) is 21.3. The zero-order chi connectivity index (χ0) is 21.1. The van der Waals surface area contributed by atoms with Crippen LogP contribution in [0.25, 0.3) is 0 Å². The summed E-state index contributed by atoms with van der Waals surface area (Å²) in [5.74, 6) is -0.105. The molecule has 1 aliphatic rings. The van der Waals surface area contributed by atoms with Gasteiger partial charge in [-0.15, -0.1) is 11.8 Å². The third kappa shape index (κ3) is 4.24. The van der Waals surface area contributed by atoms with Gasteiger partial charge in [0, 0.05) is 17.8 Å². The number of carbonyl (C=O) groups is 2. The van der Waals surface area contributed by atoms with Gasteiger partial charge in [0.25, 0.3) is 5.91 Å². The van der Waals surface area contributed by atoms with Crippen LogP contribution in [0.4, 0.5) is 10.1 Å². The quantitative estimate of drug-likeness (QED) is 0.642. The fraction of sp³-hybridized carbons (Fsp3) is 0.167. The number of nitrogens with zero attached hydrogens (tertiary/aromatic N) is 1. The van der Waals surface area contributed by atoms with Crippen molar-refractivity contribution in [3.63, 3.8) is 0 Å². The lowest BCUT2D eigenvalue weighted by Gasteiger charge is -2.26. The first-order valence-corrected chi connectivity index (χ1v) is 10.7. The van der Waals surface area contributed by atoms with E-state index in [1.807, 2.05) is 43.3 Å². The molecule has 1 atom stereocenters. The number of thioether (sulfide) groups is 1. The molecule has 0 radical (unpaired) electrons. The minimum absolute atomic E-state index is 0.00120. The Morgan fingerprint density at radius 3 is 2.53 bits per heavy atom. The van der Waals surface area contributed by atoms with Crippen molar-refractivity contribution in [1.29, 1.82) is 0 Å². The van der Waals surface area contributed by atoms with Gasteiger partial charge in [-0.05, 0) is 53.9 Å². The van der Waals surface area contributed by atoms with Crippen LogP contribution in [0.15, 0.2) is 72.8 Å². The van der Waals surface area contributed by atoms with E-state index in [-0.39, 0.29) is 23.0 Å². The van der Waals surface area contributed by atoms with E-state index in [1.165, 1.54) is 23.9 Å². The number of anilines is 1. The van der Waals surface area contributed by atoms with Crippen LogP contribution < -0.4 is 10.2 Å². The van der Waals surface area contributed by atoms with Gasteiger partial charge in [0.1, 0.15) is 11.2 Å². The number of carbonyl (C=O) groups excluding carboxylic acids is 2. The number of amides is 2.